The fraction of sp³-hybridized carbons (Fsp3) is 0.308. The summed E-state index contributed by atoms with van der Waals surface area (Å²) in [7, 11) is 0. The van der Waals surface area contributed by atoms with Crippen molar-refractivity contribution in [1.29, 1.82) is 0 Å². The van der Waals surface area contributed by atoms with Gasteiger partial charge in [-0.3, -0.25) is 10.1 Å². The first-order chi connectivity index (χ1) is 9.40. The highest BCUT2D eigenvalue weighted by molar-refractivity contribution is 6.33. The van der Waals surface area contributed by atoms with Gasteiger partial charge >= 0.3 is 12.0 Å². The smallest absolute Gasteiger partial charge is 0.340 e. The van der Waals surface area contributed by atoms with Gasteiger partial charge in [-0.05, 0) is 26.0 Å². The van der Waals surface area contributed by atoms with Crippen molar-refractivity contribution in [2.75, 3.05) is 6.61 Å². The van der Waals surface area contributed by atoms with Crippen LogP contribution in [-0.4, -0.2) is 30.6 Å². The Morgan fingerprint density at radius 2 is 1.90 bits per heavy atom. The van der Waals surface area contributed by atoms with Crippen molar-refractivity contribution in [2.45, 2.75) is 19.9 Å². The Bertz CT molecular complexity index is 517. The van der Waals surface area contributed by atoms with Crippen LogP contribution in [0.2, 0.25) is 5.02 Å². The largest absolute Gasteiger partial charge is 0.452 e. The first-order valence-electron chi connectivity index (χ1n) is 5.92. The van der Waals surface area contributed by atoms with Gasteiger partial charge in [0.25, 0.3) is 5.91 Å². The molecule has 108 valence electrons. The van der Waals surface area contributed by atoms with E-state index in [9.17, 15) is 14.4 Å². The molecule has 1 rings (SSSR count). The molecular weight excluding hydrogens is 284 g/mol. The van der Waals surface area contributed by atoms with Crippen LogP contribution < -0.4 is 10.6 Å². The molecule has 0 heterocycles. The zero-order valence-corrected chi connectivity index (χ0v) is 11.9. The number of rotatable bonds is 4. The third kappa shape index (κ3) is 5.27. The number of esters is 1. The Balaban J connectivity index is 2.44. The lowest BCUT2D eigenvalue weighted by Gasteiger charge is -2.09. The van der Waals surface area contributed by atoms with Gasteiger partial charge in [0.15, 0.2) is 6.61 Å². The molecule has 0 unspecified atom stereocenters. The number of imide groups is 1. The van der Waals surface area contributed by atoms with Gasteiger partial charge in [-0.2, -0.15) is 0 Å². The second kappa shape index (κ2) is 7.49. The molecule has 7 heteroatoms. The molecule has 0 bridgehead atoms. The van der Waals surface area contributed by atoms with Crippen LogP contribution in [0, 0.1) is 0 Å². The van der Waals surface area contributed by atoms with E-state index in [4.69, 9.17) is 16.3 Å². The highest BCUT2D eigenvalue weighted by Crippen LogP contribution is 2.15. The van der Waals surface area contributed by atoms with E-state index >= 15 is 0 Å². The number of nitrogens with one attached hydrogen (secondary N) is 2. The Morgan fingerprint density at radius 1 is 1.25 bits per heavy atom. The quantitative estimate of drug-likeness (QED) is 0.829. The highest BCUT2D eigenvalue weighted by atomic mass is 35.5. The summed E-state index contributed by atoms with van der Waals surface area (Å²) in [5.74, 6) is -1.45. The monoisotopic (exact) mass is 298 g/mol. The molecule has 6 nitrogen and oxygen atoms in total. The number of hydrogen-bond acceptors (Lipinski definition) is 4. The lowest BCUT2D eigenvalue weighted by Crippen LogP contribution is -2.44. The van der Waals surface area contributed by atoms with E-state index in [0.29, 0.717) is 0 Å². The fourth-order valence-corrected chi connectivity index (χ4v) is 1.51. The third-order valence-electron chi connectivity index (χ3n) is 2.10. The molecular formula is C13H15ClN2O4. The molecule has 0 saturated heterocycles. The maximum Gasteiger partial charge on any atom is 0.340 e. The lowest BCUT2D eigenvalue weighted by atomic mass is 10.2. The zero-order chi connectivity index (χ0) is 15.1. The minimum Gasteiger partial charge on any atom is -0.452 e. The molecule has 0 fully saturated rings. The number of amides is 3. The van der Waals surface area contributed by atoms with Crippen molar-refractivity contribution in [3.05, 3.63) is 34.9 Å². The number of hydrogen-bond donors (Lipinski definition) is 2. The highest BCUT2D eigenvalue weighted by Gasteiger charge is 2.14. The molecule has 0 aliphatic heterocycles. The summed E-state index contributed by atoms with van der Waals surface area (Å²) in [5.41, 5.74) is 0.161. The minimum absolute atomic E-state index is 0.103. The van der Waals surface area contributed by atoms with E-state index in [1.807, 2.05) is 5.32 Å². The lowest BCUT2D eigenvalue weighted by molar-refractivity contribution is -0.123. The third-order valence-corrected chi connectivity index (χ3v) is 2.43. The summed E-state index contributed by atoms with van der Waals surface area (Å²) >= 11 is 5.81. The summed E-state index contributed by atoms with van der Waals surface area (Å²) in [4.78, 5) is 34.2. The summed E-state index contributed by atoms with van der Waals surface area (Å²) < 4.78 is 4.76. The van der Waals surface area contributed by atoms with Gasteiger partial charge in [-0.1, -0.05) is 23.7 Å². The SMILES string of the molecule is CC(C)NC(=O)NC(=O)COC(=O)c1ccccc1Cl. The Hall–Kier alpha value is -2.08. The van der Waals surface area contributed by atoms with Crippen LogP contribution in [0.4, 0.5) is 4.79 Å². The number of carbonyl (C=O) groups is 3. The maximum absolute atomic E-state index is 11.6. The average molecular weight is 299 g/mol. The molecule has 3 amide bonds. The van der Waals surface area contributed by atoms with Crippen molar-refractivity contribution in [2.24, 2.45) is 0 Å². The van der Waals surface area contributed by atoms with Crippen molar-refractivity contribution in [3.8, 4) is 0 Å². The van der Waals surface area contributed by atoms with Crippen LogP contribution in [0.5, 0.6) is 0 Å². The second-order valence-corrected chi connectivity index (χ2v) is 4.64. The number of urea groups is 1. The predicted octanol–water partition coefficient (Wildman–Crippen LogP) is 1.73. The minimum atomic E-state index is -0.727. The van der Waals surface area contributed by atoms with Gasteiger partial charge in [-0.25, -0.2) is 9.59 Å². The summed E-state index contributed by atoms with van der Waals surface area (Å²) in [6.45, 7) is 2.94. The normalized spacial score (nSPS) is 10.0. The molecule has 0 aliphatic rings. The van der Waals surface area contributed by atoms with Crippen LogP contribution in [0.1, 0.15) is 24.2 Å². The van der Waals surface area contributed by atoms with Crippen LogP contribution in [-0.2, 0) is 9.53 Å². The zero-order valence-electron chi connectivity index (χ0n) is 11.1. The van der Waals surface area contributed by atoms with Crippen molar-refractivity contribution in [3.63, 3.8) is 0 Å². The van der Waals surface area contributed by atoms with Crippen molar-refractivity contribution >= 4 is 29.5 Å². The van der Waals surface area contributed by atoms with E-state index in [1.54, 1.807) is 26.0 Å². The molecule has 1 aromatic rings. The van der Waals surface area contributed by atoms with Crippen LogP contribution in [0.15, 0.2) is 24.3 Å². The van der Waals surface area contributed by atoms with Crippen molar-refractivity contribution in [1.82, 2.24) is 10.6 Å². The molecule has 0 radical (unpaired) electrons. The number of benzene rings is 1. The van der Waals surface area contributed by atoms with Gasteiger partial charge in [0.2, 0.25) is 0 Å². The fourth-order valence-electron chi connectivity index (χ4n) is 1.30. The Kier molecular flexibility index (Phi) is 5.99. The predicted molar refractivity (Wildman–Crippen MR) is 73.5 cm³/mol. The maximum atomic E-state index is 11.6. The van der Waals surface area contributed by atoms with Gasteiger partial charge in [0, 0.05) is 6.04 Å². The summed E-state index contributed by atoms with van der Waals surface area (Å²) in [6.07, 6.45) is 0. The van der Waals surface area contributed by atoms with Gasteiger partial charge in [0.1, 0.15) is 0 Å². The molecule has 0 spiro atoms. The van der Waals surface area contributed by atoms with Crippen molar-refractivity contribution < 1.29 is 19.1 Å². The molecule has 2 N–H and O–H groups in total. The van der Waals surface area contributed by atoms with Gasteiger partial charge in [0.05, 0.1) is 10.6 Å². The van der Waals surface area contributed by atoms with Gasteiger partial charge in [-0.15, -0.1) is 0 Å². The van der Waals surface area contributed by atoms with E-state index in [1.165, 1.54) is 12.1 Å². The number of halogens is 1. The second-order valence-electron chi connectivity index (χ2n) is 4.23. The molecule has 0 aliphatic carbocycles. The van der Waals surface area contributed by atoms with E-state index in [0.717, 1.165) is 0 Å². The van der Waals surface area contributed by atoms with E-state index in [2.05, 4.69) is 5.32 Å². The first kappa shape index (κ1) is 16.0. The van der Waals surface area contributed by atoms with Crippen LogP contribution in [0.25, 0.3) is 0 Å². The molecule has 1 aromatic carbocycles. The molecule has 20 heavy (non-hydrogen) atoms. The average Bonchev–Trinajstić information content (AvgIpc) is 2.35. The summed E-state index contributed by atoms with van der Waals surface area (Å²) in [5, 5.41) is 4.74. The first-order valence-corrected chi connectivity index (χ1v) is 6.30. The number of carbonyl (C=O) groups excluding carboxylic acids is 3. The molecule has 0 atom stereocenters. The number of ether oxygens (including phenoxy) is 1. The molecule has 0 saturated carbocycles. The topological polar surface area (TPSA) is 84.5 Å². The summed E-state index contributed by atoms with van der Waals surface area (Å²) in [6, 6.07) is 5.57. The van der Waals surface area contributed by atoms with Crippen LogP contribution >= 0.6 is 11.6 Å². The van der Waals surface area contributed by atoms with Gasteiger partial charge < -0.3 is 10.1 Å². The van der Waals surface area contributed by atoms with Crippen LogP contribution in [0.3, 0.4) is 0 Å². The van der Waals surface area contributed by atoms with E-state index in [-0.39, 0.29) is 16.6 Å². The molecule has 0 aromatic heterocycles. The van der Waals surface area contributed by atoms with E-state index < -0.39 is 24.5 Å². The Labute approximate surface area is 121 Å². The standard InChI is InChI=1S/C13H15ClN2O4/c1-8(2)15-13(19)16-11(17)7-20-12(18)9-5-3-4-6-10(9)14/h3-6,8H,7H2,1-2H3,(H2,15,16,17,19). The Morgan fingerprint density at radius 3 is 2.50 bits per heavy atom.